The fourth-order valence-corrected chi connectivity index (χ4v) is 2.56. The van der Waals surface area contributed by atoms with E-state index in [2.05, 4.69) is 40.3 Å². The lowest BCUT2D eigenvalue weighted by molar-refractivity contribution is 0.340. The molecule has 21 heavy (non-hydrogen) atoms. The van der Waals surface area contributed by atoms with E-state index in [0.717, 1.165) is 15.8 Å². The number of hydrogen-bond acceptors (Lipinski definition) is 2. The molecular formula is C17H19BrFNO. The van der Waals surface area contributed by atoms with Gasteiger partial charge in [-0.05, 0) is 49.2 Å². The van der Waals surface area contributed by atoms with Crippen molar-refractivity contribution in [3.8, 4) is 5.75 Å². The molecule has 1 atom stereocenters. The normalized spacial score (nSPS) is 12.2. The van der Waals surface area contributed by atoms with Gasteiger partial charge in [-0.15, -0.1) is 0 Å². The van der Waals surface area contributed by atoms with Crippen LogP contribution in [-0.4, -0.2) is 6.61 Å². The molecule has 2 aromatic rings. The van der Waals surface area contributed by atoms with Gasteiger partial charge in [-0.1, -0.05) is 34.1 Å². The molecule has 0 aliphatic rings. The van der Waals surface area contributed by atoms with Crippen molar-refractivity contribution in [2.24, 2.45) is 0 Å². The summed E-state index contributed by atoms with van der Waals surface area (Å²) in [6, 6.07) is 13.0. The first-order chi connectivity index (χ1) is 10.1. The van der Waals surface area contributed by atoms with Crippen molar-refractivity contribution in [3.63, 3.8) is 0 Å². The highest BCUT2D eigenvalue weighted by Crippen LogP contribution is 2.21. The molecule has 112 valence electrons. The van der Waals surface area contributed by atoms with Crippen molar-refractivity contribution < 1.29 is 9.13 Å². The van der Waals surface area contributed by atoms with Crippen molar-refractivity contribution in [3.05, 3.63) is 63.9 Å². The highest BCUT2D eigenvalue weighted by atomic mass is 79.9. The summed E-state index contributed by atoms with van der Waals surface area (Å²) in [5.74, 6) is 0.653. The average Bonchev–Trinajstić information content (AvgIpc) is 2.47. The summed E-state index contributed by atoms with van der Waals surface area (Å²) in [6.45, 7) is 5.42. The summed E-state index contributed by atoms with van der Waals surface area (Å²) >= 11 is 3.38. The number of halogens is 2. The monoisotopic (exact) mass is 351 g/mol. The summed E-state index contributed by atoms with van der Waals surface area (Å²) in [7, 11) is 0. The molecule has 2 nitrogen and oxygen atoms in total. The third-order valence-corrected chi connectivity index (χ3v) is 4.04. The van der Waals surface area contributed by atoms with Gasteiger partial charge in [0.15, 0.2) is 0 Å². The predicted molar refractivity (Wildman–Crippen MR) is 87.0 cm³/mol. The minimum atomic E-state index is -0.231. The van der Waals surface area contributed by atoms with E-state index in [0.29, 0.717) is 13.2 Å². The van der Waals surface area contributed by atoms with Gasteiger partial charge in [0.25, 0.3) is 0 Å². The summed E-state index contributed by atoms with van der Waals surface area (Å²) in [4.78, 5) is 0. The zero-order valence-corrected chi connectivity index (χ0v) is 13.8. The van der Waals surface area contributed by atoms with Gasteiger partial charge in [-0.25, -0.2) is 4.39 Å². The Morgan fingerprint density at radius 3 is 2.52 bits per heavy atom. The lowest BCUT2D eigenvalue weighted by Gasteiger charge is -2.15. The van der Waals surface area contributed by atoms with Crippen LogP contribution in [0.5, 0.6) is 5.75 Å². The summed E-state index contributed by atoms with van der Waals surface area (Å²) in [6.07, 6.45) is 0. The smallest absolute Gasteiger partial charge is 0.124 e. The molecule has 4 heteroatoms. The molecule has 0 aliphatic carbocycles. The van der Waals surface area contributed by atoms with E-state index < -0.39 is 0 Å². The number of rotatable bonds is 6. The second-order valence-electron chi connectivity index (χ2n) is 4.84. The first kappa shape index (κ1) is 16.0. The van der Waals surface area contributed by atoms with Gasteiger partial charge in [-0.3, -0.25) is 0 Å². The van der Waals surface area contributed by atoms with E-state index >= 15 is 0 Å². The Morgan fingerprint density at radius 2 is 1.90 bits per heavy atom. The summed E-state index contributed by atoms with van der Waals surface area (Å²) in [5, 5.41) is 3.43. The predicted octanol–water partition coefficient (Wildman–Crippen LogP) is 4.84. The van der Waals surface area contributed by atoms with Crippen LogP contribution in [0.3, 0.4) is 0 Å². The van der Waals surface area contributed by atoms with Crippen molar-refractivity contribution in [2.75, 3.05) is 6.61 Å². The minimum Gasteiger partial charge on any atom is -0.494 e. The van der Waals surface area contributed by atoms with Gasteiger partial charge in [0.2, 0.25) is 0 Å². The average molecular weight is 352 g/mol. The lowest BCUT2D eigenvalue weighted by Crippen LogP contribution is -2.18. The van der Waals surface area contributed by atoms with Crippen molar-refractivity contribution in [1.82, 2.24) is 5.32 Å². The van der Waals surface area contributed by atoms with Crippen molar-refractivity contribution >= 4 is 15.9 Å². The number of ether oxygens (including phenoxy) is 1. The topological polar surface area (TPSA) is 21.3 Å². The molecule has 0 bridgehead atoms. The van der Waals surface area contributed by atoms with E-state index in [1.54, 1.807) is 6.07 Å². The van der Waals surface area contributed by atoms with Crippen LogP contribution < -0.4 is 10.1 Å². The first-order valence-electron chi connectivity index (χ1n) is 7.00. The molecule has 1 unspecified atom stereocenters. The van der Waals surface area contributed by atoms with Gasteiger partial charge in [-0.2, -0.15) is 0 Å². The second kappa shape index (κ2) is 7.57. The molecule has 0 amide bonds. The van der Waals surface area contributed by atoms with Crippen LogP contribution in [0.1, 0.15) is 31.0 Å². The summed E-state index contributed by atoms with van der Waals surface area (Å²) in [5.41, 5.74) is 2.23. The number of benzene rings is 2. The van der Waals surface area contributed by atoms with Crippen LogP contribution >= 0.6 is 15.9 Å². The molecule has 1 N–H and O–H groups in total. The molecule has 0 saturated carbocycles. The molecular weight excluding hydrogens is 333 g/mol. The fraction of sp³-hybridized carbons (Fsp3) is 0.294. The van der Waals surface area contributed by atoms with Crippen LogP contribution in [0.25, 0.3) is 0 Å². The maximum atomic E-state index is 13.0. The van der Waals surface area contributed by atoms with Crippen LogP contribution in [0, 0.1) is 5.82 Å². The van der Waals surface area contributed by atoms with E-state index in [1.165, 1.54) is 17.7 Å². The quantitative estimate of drug-likeness (QED) is 0.803. The second-order valence-corrected chi connectivity index (χ2v) is 5.69. The zero-order chi connectivity index (χ0) is 15.2. The van der Waals surface area contributed by atoms with E-state index in [-0.39, 0.29) is 11.9 Å². The van der Waals surface area contributed by atoms with Gasteiger partial charge in [0.1, 0.15) is 11.6 Å². The fourth-order valence-electron chi connectivity index (χ4n) is 2.07. The van der Waals surface area contributed by atoms with Gasteiger partial charge < -0.3 is 10.1 Å². The number of nitrogens with one attached hydrogen (secondary N) is 1. The van der Waals surface area contributed by atoms with Crippen LogP contribution in [0.2, 0.25) is 0 Å². The Bertz CT molecular complexity index is 586. The SMILES string of the molecule is CCOc1ccc(C(C)NCc2ccc(F)cc2Br)cc1. The van der Waals surface area contributed by atoms with E-state index in [1.807, 2.05) is 19.1 Å². The zero-order valence-electron chi connectivity index (χ0n) is 12.2. The van der Waals surface area contributed by atoms with Crippen LogP contribution in [0.15, 0.2) is 46.9 Å². The third-order valence-electron chi connectivity index (χ3n) is 3.30. The van der Waals surface area contributed by atoms with Gasteiger partial charge in [0, 0.05) is 17.1 Å². The van der Waals surface area contributed by atoms with E-state index in [4.69, 9.17) is 4.74 Å². The Morgan fingerprint density at radius 1 is 1.19 bits per heavy atom. The van der Waals surface area contributed by atoms with Crippen LogP contribution in [0.4, 0.5) is 4.39 Å². The molecule has 2 aromatic carbocycles. The Kier molecular flexibility index (Phi) is 5.76. The van der Waals surface area contributed by atoms with Crippen molar-refractivity contribution in [2.45, 2.75) is 26.4 Å². The standard InChI is InChI=1S/C17H19BrFNO/c1-3-21-16-8-5-13(6-9-16)12(2)20-11-14-4-7-15(19)10-17(14)18/h4-10,12,20H,3,11H2,1-2H3. The first-order valence-corrected chi connectivity index (χ1v) is 7.79. The Balaban J connectivity index is 1.96. The molecule has 0 heterocycles. The molecule has 2 rings (SSSR count). The third kappa shape index (κ3) is 4.55. The molecule has 0 spiro atoms. The van der Waals surface area contributed by atoms with Crippen molar-refractivity contribution in [1.29, 1.82) is 0 Å². The molecule has 0 radical (unpaired) electrons. The Labute approximate surface area is 133 Å². The molecule has 0 fully saturated rings. The number of hydrogen-bond donors (Lipinski definition) is 1. The maximum absolute atomic E-state index is 13.0. The van der Waals surface area contributed by atoms with Gasteiger partial charge in [0.05, 0.1) is 6.61 Å². The summed E-state index contributed by atoms with van der Waals surface area (Å²) < 4.78 is 19.3. The molecule has 0 aromatic heterocycles. The highest BCUT2D eigenvalue weighted by molar-refractivity contribution is 9.10. The highest BCUT2D eigenvalue weighted by Gasteiger charge is 2.07. The molecule has 0 aliphatic heterocycles. The van der Waals surface area contributed by atoms with Gasteiger partial charge >= 0.3 is 0 Å². The maximum Gasteiger partial charge on any atom is 0.124 e. The molecule has 0 saturated heterocycles. The van der Waals surface area contributed by atoms with Crippen LogP contribution in [-0.2, 0) is 6.54 Å². The van der Waals surface area contributed by atoms with E-state index in [9.17, 15) is 4.39 Å². The lowest BCUT2D eigenvalue weighted by atomic mass is 10.1. The minimum absolute atomic E-state index is 0.206. The Hall–Kier alpha value is -1.39. The largest absolute Gasteiger partial charge is 0.494 e.